The van der Waals surface area contributed by atoms with E-state index in [4.69, 9.17) is 9.47 Å². The molecule has 0 unspecified atom stereocenters. The second-order valence-corrected chi connectivity index (χ2v) is 4.94. The summed E-state index contributed by atoms with van der Waals surface area (Å²) in [5, 5.41) is 5.56. The van der Waals surface area contributed by atoms with Crippen LogP contribution in [0.25, 0.3) is 0 Å². The van der Waals surface area contributed by atoms with Crippen molar-refractivity contribution in [1.29, 1.82) is 0 Å². The predicted octanol–water partition coefficient (Wildman–Crippen LogP) is 1.64. The van der Waals surface area contributed by atoms with Gasteiger partial charge in [-0.2, -0.15) is 0 Å². The Hall–Kier alpha value is -1.92. The third-order valence-corrected chi connectivity index (χ3v) is 3.03. The van der Waals surface area contributed by atoms with E-state index in [1.54, 1.807) is 31.4 Å². The highest BCUT2D eigenvalue weighted by Gasteiger charge is 2.29. The van der Waals surface area contributed by atoms with E-state index in [-0.39, 0.29) is 24.3 Å². The third-order valence-electron chi connectivity index (χ3n) is 3.03. The summed E-state index contributed by atoms with van der Waals surface area (Å²) in [7, 11) is 1.57. The molecule has 6 heteroatoms. The summed E-state index contributed by atoms with van der Waals surface area (Å²) in [6, 6.07) is 7.07. The molecule has 0 aliphatic heterocycles. The number of nitrogens with one attached hydrogen (secondary N) is 2. The molecule has 2 N–H and O–H groups in total. The van der Waals surface area contributed by atoms with E-state index < -0.39 is 0 Å². The summed E-state index contributed by atoms with van der Waals surface area (Å²) in [5.41, 5.74) is 1.31. The number of amides is 2. The predicted molar refractivity (Wildman–Crippen MR) is 79.1 cm³/mol. The van der Waals surface area contributed by atoms with Gasteiger partial charge < -0.3 is 20.1 Å². The van der Waals surface area contributed by atoms with Crippen LogP contribution in [0.5, 0.6) is 0 Å². The van der Waals surface area contributed by atoms with E-state index in [0.717, 1.165) is 12.8 Å². The van der Waals surface area contributed by atoms with E-state index in [1.807, 2.05) is 0 Å². The van der Waals surface area contributed by atoms with E-state index in [0.29, 0.717) is 24.6 Å². The molecule has 0 radical (unpaired) electrons. The number of methoxy groups -OCH3 is 1. The average Bonchev–Trinajstić information content (AvgIpc) is 3.28. The zero-order valence-corrected chi connectivity index (χ0v) is 12.1. The standard InChI is InChI=1S/C15H20N2O4/c1-20-7-8-21-10-14(18)16-12-3-2-4-13(9-12)17-15(19)11-5-6-11/h2-4,9,11H,5-8,10H2,1H3,(H,16,18)(H,17,19). The number of rotatable bonds is 8. The second kappa shape index (κ2) is 7.75. The Morgan fingerprint density at radius 1 is 1.19 bits per heavy atom. The van der Waals surface area contributed by atoms with Gasteiger partial charge in [0.2, 0.25) is 11.8 Å². The van der Waals surface area contributed by atoms with E-state index in [9.17, 15) is 9.59 Å². The van der Waals surface area contributed by atoms with Crippen molar-refractivity contribution in [3.05, 3.63) is 24.3 Å². The topological polar surface area (TPSA) is 76.7 Å². The Kier molecular flexibility index (Phi) is 5.71. The first-order valence-electron chi connectivity index (χ1n) is 6.96. The third kappa shape index (κ3) is 5.53. The fourth-order valence-corrected chi connectivity index (χ4v) is 1.77. The zero-order chi connectivity index (χ0) is 15.1. The number of ether oxygens (including phenoxy) is 2. The smallest absolute Gasteiger partial charge is 0.250 e. The van der Waals surface area contributed by atoms with Crippen molar-refractivity contribution in [3.63, 3.8) is 0 Å². The van der Waals surface area contributed by atoms with Gasteiger partial charge in [-0.15, -0.1) is 0 Å². The van der Waals surface area contributed by atoms with Gasteiger partial charge in [-0.3, -0.25) is 9.59 Å². The van der Waals surface area contributed by atoms with E-state index in [1.165, 1.54) is 0 Å². The van der Waals surface area contributed by atoms with Gasteiger partial charge in [0, 0.05) is 24.4 Å². The summed E-state index contributed by atoms with van der Waals surface area (Å²) in [4.78, 5) is 23.3. The summed E-state index contributed by atoms with van der Waals surface area (Å²) in [6.45, 7) is 0.805. The summed E-state index contributed by atoms with van der Waals surface area (Å²) < 4.78 is 9.96. The molecular weight excluding hydrogens is 272 g/mol. The molecule has 6 nitrogen and oxygen atoms in total. The summed E-state index contributed by atoms with van der Waals surface area (Å²) in [6.07, 6.45) is 1.92. The van der Waals surface area contributed by atoms with Crippen molar-refractivity contribution >= 4 is 23.2 Å². The minimum atomic E-state index is -0.239. The molecule has 0 saturated heterocycles. The monoisotopic (exact) mass is 292 g/mol. The molecule has 1 aliphatic carbocycles. The van der Waals surface area contributed by atoms with Gasteiger partial charge in [-0.25, -0.2) is 0 Å². The van der Waals surface area contributed by atoms with Crippen LogP contribution in [0.15, 0.2) is 24.3 Å². The van der Waals surface area contributed by atoms with Gasteiger partial charge in [0.1, 0.15) is 6.61 Å². The van der Waals surface area contributed by atoms with Crippen molar-refractivity contribution in [1.82, 2.24) is 0 Å². The largest absolute Gasteiger partial charge is 0.382 e. The molecule has 114 valence electrons. The highest BCUT2D eigenvalue weighted by Crippen LogP contribution is 2.30. The first-order chi connectivity index (χ1) is 10.2. The lowest BCUT2D eigenvalue weighted by atomic mass is 10.2. The highest BCUT2D eigenvalue weighted by atomic mass is 16.5. The van der Waals surface area contributed by atoms with Crippen LogP contribution < -0.4 is 10.6 Å². The minimum absolute atomic E-state index is 0.0258. The van der Waals surface area contributed by atoms with Crippen LogP contribution in [0.4, 0.5) is 11.4 Å². The van der Waals surface area contributed by atoms with Crippen molar-refractivity contribution in [3.8, 4) is 0 Å². The number of hydrogen-bond donors (Lipinski definition) is 2. The molecule has 1 aliphatic rings. The Morgan fingerprint density at radius 2 is 1.90 bits per heavy atom. The fourth-order valence-electron chi connectivity index (χ4n) is 1.77. The molecule has 2 amide bonds. The van der Waals surface area contributed by atoms with Crippen LogP contribution in [-0.2, 0) is 19.1 Å². The van der Waals surface area contributed by atoms with Gasteiger partial charge in [0.25, 0.3) is 0 Å². The summed E-state index contributed by atoms with van der Waals surface area (Å²) in [5.74, 6) is -0.0458. The molecule has 1 saturated carbocycles. The number of carbonyl (C=O) groups is 2. The van der Waals surface area contributed by atoms with Gasteiger partial charge in [-0.1, -0.05) is 6.07 Å². The lowest BCUT2D eigenvalue weighted by Gasteiger charge is -2.09. The molecule has 0 spiro atoms. The second-order valence-electron chi connectivity index (χ2n) is 4.94. The van der Waals surface area contributed by atoms with Crippen molar-refractivity contribution in [2.24, 2.45) is 5.92 Å². The maximum atomic E-state index is 11.7. The van der Waals surface area contributed by atoms with Gasteiger partial charge >= 0.3 is 0 Å². The molecule has 0 atom stereocenters. The van der Waals surface area contributed by atoms with Crippen LogP contribution in [-0.4, -0.2) is 38.7 Å². The van der Waals surface area contributed by atoms with E-state index in [2.05, 4.69) is 10.6 Å². The van der Waals surface area contributed by atoms with Crippen LogP contribution >= 0.6 is 0 Å². The first-order valence-corrected chi connectivity index (χ1v) is 6.96. The first kappa shape index (κ1) is 15.5. The number of hydrogen-bond acceptors (Lipinski definition) is 4. The maximum absolute atomic E-state index is 11.7. The molecule has 21 heavy (non-hydrogen) atoms. The van der Waals surface area contributed by atoms with Gasteiger partial charge in [0.05, 0.1) is 13.2 Å². The molecule has 1 fully saturated rings. The van der Waals surface area contributed by atoms with Crippen LogP contribution in [0.3, 0.4) is 0 Å². The van der Waals surface area contributed by atoms with Gasteiger partial charge in [0.15, 0.2) is 0 Å². The maximum Gasteiger partial charge on any atom is 0.250 e. The number of anilines is 2. The molecule has 0 bridgehead atoms. The number of carbonyl (C=O) groups excluding carboxylic acids is 2. The highest BCUT2D eigenvalue weighted by molar-refractivity contribution is 5.96. The molecule has 0 aromatic heterocycles. The van der Waals surface area contributed by atoms with Crippen LogP contribution in [0, 0.1) is 5.92 Å². The fraction of sp³-hybridized carbons (Fsp3) is 0.467. The quantitative estimate of drug-likeness (QED) is 0.714. The van der Waals surface area contributed by atoms with Gasteiger partial charge in [-0.05, 0) is 31.0 Å². The number of benzene rings is 1. The Bertz CT molecular complexity index is 500. The molecule has 2 rings (SSSR count). The normalized spacial score (nSPS) is 13.8. The van der Waals surface area contributed by atoms with E-state index >= 15 is 0 Å². The minimum Gasteiger partial charge on any atom is -0.382 e. The molecule has 1 aromatic rings. The lowest BCUT2D eigenvalue weighted by molar-refractivity contribution is -0.121. The Balaban J connectivity index is 1.79. The zero-order valence-electron chi connectivity index (χ0n) is 12.1. The van der Waals surface area contributed by atoms with Crippen molar-refractivity contribution in [2.75, 3.05) is 37.6 Å². The van der Waals surface area contributed by atoms with Crippen LogP contribution in [0.1, 0.15) is 12.8 Å². The summed E-state index contributed by atoms with van der Waals surface area (Å²) >= 11 is 0. The Morgan fingerprint density at radius 3 is 2.57 bits per heavy atom. The van der Waals surface area contributed by atoms with Crippen LogP contribution in [0.2, 0.25) is 0 Å². The molecule has 1 aromatic carbocycles. The molecular formula is C15H20N2O4. The van der Waals surface area contributed by atoms with Crippen molar-refractivity contribution < 1.29 is 19.1 Å². The van der Waals surface area contributed by atoms with Crippen molar-refractivity contribution in [2.45, 2.75) is 12.8 Å². The SMILES string of the molecule is COCCOCC(=O)Nc1cccc(NC(=O)C2CC2)c1. The Labute approximate surface area is 123 Å². The molecule has 0 heterocycles. The average molecular weight is 292 g/mol. The lowest BCUT2D eigenvalue weighted by Crippen LogP contribution is -2.20.